The van der Waals surface area contributed by atoms with Crippen LogP contribution in [0.2, 0.25) is 0 Å². The smallest absolute Gasteiger partial charge is 0.251 e. The van der Waals surface area contributed by atoms with Gasteiger partial charge in [0.05, 0.1) is 11.2 Å². The summed E-state index contributed by atoms with van der Waals surface area (Å²) in [6.07, 6.45) is 12.9. The number of nitrogens with zero attached hydrogens (tertiary/aromatic N) is 3. The van der Waals surface area contributed by atoms with E-state index in [9.17, 15) is 4.79 Å². The van der Waals surface area contributed by atoms with Crippen molar-refractivity contribution in [1.82, 2.24) is 15.3 Å². The molecule has 1 aromatic heterocycles. The molecule has 6 unspecified atom stereocenters. The molecule has 4 heterocycles. The third kappa shape index (κ3) is 2.49. The van der Waals surface area contributed by atoms with Crippen molar-refractivity contribution in [3.8, 4) is 0 Å². The van der Waals surface area contributed by atoms with Crippen LogP contribution in [0.25, 0.3) is 5.57 Å². The van der Waals surface area contributed by atoms with E-state index in [1.165, 1.54) is 44.9 Å². The van der Waals surface area contributed by atoms with Gasteiger partial charge in [-0.2, -0.15) is 0 Å². The van der Waals surface area contributed by atoms with Crippen LogP contribution in [-0.2, 0) is 14.3 Å². The first-order valence-electron chi connectivity index (χ1n) is 15.2. The van der Waals surface area contributed by atoms with Gasteiger partial charge in [0.25, 0.3) is 5.91 Å². The molecule has 0 radical (unpaired) electrons. The maximum absolute atomic E-state index is 13.1. The molecule has 8 aliphatic rings. The molecular weight excluding hydrogens is 478 g/mol. The van der Waals surface area contributed by atoms with Crippen molar-refractivity contribution in [3.05, 3.63) is 18.5 Å². The SMILES string of the molecule is C=C1CN(C2OC(C(=O)NCC)C3OC4(CCCCC4)CC32)c2ncnc(NC34CC5CC6CC(C3)C654)c21. The molecule has 202 valence electrons. The van der Waals surface area contributed by atoms with E-state index in [1.54, 1.807) is 6.33 Å². The Bertz CT molecular complexity index is 1220. The van der Waals surface area contributed by atoms with Gasteiger partial charge in [-0.1, -0.05) is 25.8 Å². The summed E-state index contributed by atoms with van der Waals surface area (Å²) in [7, 11) is 0. The Morgan fingerprint density at radius 3 is 2.63 bits per heavy atom. The fourth-order valence-electron chi connectivity index (χ4n) is 11.1. The number of amides is 1. The second-order valence-electron chi connectivity index (χ2n) is 13.8. The fourth-order valence-corrected chi connectivity index (χ4v) is 11.1. The predicted molar refractivity (Wildman–Crippen MR) is 142 cm³/mol. The van der Waals surface area contributed by atoms with E-state index in [1.807, 2.05) is 6.92 Å². The van der Waals surface area contributed by atoms with E-state index >= 15 is 0 Å². The summed E-state index contributed by atoms with van der Waals surface area (Å²) >= 11 is 0. The van der Waals surface area contributed by atoms with E-state index in [4.69, 9.17) is 19.4 Å². The summed E-state index contributed by atoms with van der Waals surface area (Å²) in [6.45, 7) is 7.67. The molecule has 2 saturated heterocycles. The normalized spacial score (nSPS) is 46.1. The predicted octanol–water partition coefficient (Wildman–Crippen LogP) is 3.88. The van der Waals surface area contributed by atoms with Crippen LogP contribution in [0.5, 0.6) is 0 Å². The van der Waals surface area contributed by atoms with Crippen LogP contribution in [0.4, 0.5) is 11.6 Å². The zero-order valence-corrected chi connectivity index (χ0v) is 22.4. The van der Waals surface area contributed by atoms with Crippen molar-refractivity contribution < 1.29 is 14.3 Å². The Morgan fingerprint density at radius 1 is 1.13 bits per heavy atom. The van der Waals surface area contributed by atoms with E-state index in [-0.39, 0.29) is 35.3 Å². The number of ether oxygens (including phenoxy) is 2. The average Bonchev–Trinajstić information content (AvgIpc) is 3.50. The molecule has 1 amide bonds. The second-order valence-corrected chi connectivity index (χ2v) is 13.8. The molecule has 8 nitrogen and oxygen atoms in total. The van der Waals surface area contributed by atoms with E-state index in [2.05, 4.69) is 22.1 Å². The number of aromatic nitrogens is 2. The molecule has 0 aromatic carbocycles. The third-order valence-corrected chi connectivity index (χ3v) is 12.4. The minimum atomic E-state index is -0.589. The lowest BCUT2D eigenvalue weighted by atomic mass is 9.15. The summed E-state index contributed by atoms with van der Waals surface area (Å²) in [5, 5.41) is 6.98. The number of hydrogen-bond acceptors (Lipinski definition) is 7. The van der Waals surface area contributed by atoms with Crippen LogP contribution in [0.1, 0.15) is 76.7 Å². The molecule has 5 aliphatic carbocycles. The van der Waals surface area contributed by atoms with Crippen LogP contribution in [0, 0.1) is 29.1 Å². The Balaban J connectivity index is 1.03. The van der Waals surface area contributed by atoms with Crippen molar-refractivity contribution in [2.24, 2.45) is 29.1 Å². The lowest BCUT2D eigenvalue weighted by Crippen LogP contribution is -2.91. The molecule has 1 aromatic rings. The lowest BCUT2D eigenvalue weighted by Gasteiger charge is -2.91. The number of anilines is 2. The van der Waals surface area contributed by atoms with E-state index in [0.717, 1.165) is 59.8 Å². The van der Waals surface area contributed by atoms with Gasteiger partial charge in [0.1, 0.15) is 30.3 Å². The number of fused-ring (bicyclic) bond motifs is 2. The summed E-state index contributed by atoms with van der Waals surface area (Å²) < 4.78 is 13.4. The zero-order chi connectivity index (χ0) is 25.4. The van der Waals surface area contributed by atoms with Crippen molar-refractivity contribution in [3.63, 3.8) is 0 Å². The van der Waals surface area contributed by atoms with Gasteiger partial charge in [-0.05, 0) is 75.2 Å². The maximum Gasteiger partial charge on any atom is 0.251 e. The van der Waals surface area contributed by atoms with Crippen molar-refractivity contribution in [2.75, 3.05) is 23.3 Å². The van der Waals surface area contributed by atoms with Gasteiger partial charge in [-0.3, -0.25) is 4.79 Å². The van der Waals surface area contributed by atoms with Crippen LogP contribution in [-0.4, -0.2) is 58.5 Å². The van der Waals surface area contributed by atoms with Crippen LogP contribution in [0.15, 0.2) is 12.9 Å². The van der Waals surface area contributed by atoms with E-state index < -0.39 is 6.10 Å². The third-order valence-electron chi connectivity index (χ3n) is 12.4. The standard InChI is InChI=1S/C30H39N5O3/c1-3-31-26(36)23-22-20(13-28(38-22)7-5-4-6-8-28)27(37-23)35-14-16(2)21-24(32-15-33-25(21)35)34-29-11-18-9-17-10-19(12-29)30(17,18)29/h15,17-20,22-23,27H,2-14H2,1H3,(H,31,36)(H,32,33,34). The van der Waals surface area contributed by atoms with Gasteiger partial charge in [0, 0.05) is 30.0 Å². The molecule has 8 heteroatoms. The highest BCUT2D eigenvalue weighted by molar-refractivity contribution is 5.89. The molecule has 0 bridgehead atoms. The van der Waals surface area contributed by atoms with Gasteiger partial charge in [0.2, 0.25) is 0 Å². The average molecular weight is 518 g/mol. The zero-order valence-electron chi connectivity index (χ0n) is 22.4. The Kier molecular flexibility index (Phi) is 4.35. The summed E-state index contributed by atoms with van der Waals surface area (Å²) in [6, 6.07) is 0. The highest BCUT2D eigenvalue weighted by Gasteiger charge is 2.88. The quantitative estimate of drug-likeness (QED) is 0.613. The molecule has 7 fully saturated rings. The van der Waals surface area contributed by atoms with Gasteiger partial charge in [-0.25, -0.2) is 9.97 Å². The highest BCUT2D eigenvalue weighted by atomic mass is 16.6. The van der Waals surface area contributed by atoms with Crippen molar-refractivity contribution >= 4 is 23.1 Å². The molecule has 3 aliphatic heterocycles. The number of likely N-dealkylation sites (N-methyl/N-ethyl adjacent to an activating group) is 1. The molecule has 2 N–H and O–H groups in total. The summed E-state index contributed by atoms with van der Waals surface area (Å²) in [5.74, 6) is 4.73. The Labute approximate surface area is 224 Å². The summed E-state index contributed by atoms with van der Waals surface area (Å²) in [4.78, 5) is 25.0. The first-order chi connectivity index (χ1) is 18.5. The second kappa shape index (κ2) is 7.30. The van der Waals surface area contributed by atoms with Crippen LogP contribution in [0.3, 0.4) is 0 Å². The minimum Gasteiger partial charge on any atom is -0.368 e. The molecule has 2 spiro atoms. The molecule has 5 saturated carbocycles. The first-order valence-corrected chi connectivity index (χ1v) is 15.2. The largest absolute Gasteiger partial charge is 0.368 e. The van der Waals surface area contributed by atoms with E-state index in [0.29, 0.717) is 18.5 Å². The number of nitrogens with one attached hydrogen (secondary N) is 2. The number of hydrogen-bond donors (Lipinski definition) is 2. The van der Waals surface area contributed by atoms with Crippen molar-refractivity contribution in [1.29, 1.82) is 0 Å². The highest BCUT2D eigenvalue weighted by Crippen LogP contribution is 2.89. The lowest BCUT2D eigenvalue weighted by molar-refractivity contribution is -0.379. The van der Waals surface area contributed by atoms with Gasteiger partial charge in [0.15, 0.2) is 6.10 Å². The monoisotopic (exact) mass is 517 g/mol. The number of carbonyl (C=O) groups is 1. The molecule has 38 heavy (non-hydrogen) atoms. The van der Waals surface area contributed by atoms with Crippen LogP contribution >= 0.6 is 0 Å². The van der Waals surface area contributed by atoms with Gasteiger partial charge in [-0.15, -0.1) is 0 Å². The van der Waals surface area contributed by atoms with Gasteiger partial charge >= 0.3 is 0 Å². The Hall–Kier alpha value is -2.19. The molecule has 9 rings (SSSR count). The van der Waals surface area contributed by atoms with Crippen LogP contribution < -0.4 is 15.5 Å². The number of rotatable bonds is 5. The molecular formula is C30H39N5O3. The fraction of sp³-hybridized carbons (Fsp3) is 0.767. The minimum absolute atomic E-state index is 0.0610. The topological polar surface area (TPSA) is 88.6 Å². The Morgan fingerprint density at radius 2 is 1.92 bits per heavy atom. The first kappa shape index (κ1) is 22.6. The summed E-state index contributed by atoms with van der Waals surface area (Å²) in [5.41, 5.74) is 2.79. The maximum atomic E-state index is 13.1. The molecule has 6 atom stereocenters. The van der Waals surface area contributed by atoms with Gasteiger partial charge < -0.3 is 25.0 Å². The van der Waals surface area contributed by atoms with Crippen molar-refractivity contribution in [2.45, 2.75) is 101 Å². The number of carbonyl (C=O) groups excluding carboxylic acids is 1.